The third-order valence-corrected chi connectivity index (χ3v) is 5.06. The summed E-state index contributed by atoms with van der Waals surface area (Å²) in [5.41, 5.74) is 0.250. The molecule has 1 aromatic heterocycles. The molecule has 0 radical (unpaired) electrons. The maximum absolute atomic E-state index is 12.2. The number of carbonyl (C=O) groups excluding carboxylic acids is 2. The van der Waals surface area contributed by atoms with E-state index in [0.717, 1.165) is 6.42 Å². The molecule has 2 N–H and O–H groups in total. The van der Waals surface area contributed by atoms with Crippen molar-refractivity contribution in [1.82, 2.24) is 10.3 Å². The van der Waals surface area contributed by atoms with E-state index in [4.69, 9.17) is 0 Å². The molecular formula is C17H27N3O2S. The van der Waals surface area contributed by atoms with Gasteiger partial charge in [-0.3, -0.25) is 9.59 Å². The quantitative estimate of drug-likeness (QED) is 0.885. The van der Waals surface area contributed by atoms with Crippen molar-refractivity contribution in [2.45, 2.75) is 65.8 Å². The molecule has 0 saturated heterocycles. The number of thiazole rings is 1. The highest BCUT2D eigenvalue weighted by Gasteiger charge is 2.24. The number of aromatic nitrogens is 1. The van der Waals surface area contributed by atoms with Crippen molar-refractivity contribution in [2.24, 2.45) is 11.3 Å². The van der Waals surface area contributed by atoms with E-state index in [-0.39, 0.29) is 24.3 Å². The Labute approximate surface area is 142 Å². The van der Waals surface area contributed by atoms with Gasteiger partial charge in [0.1, 0.15) is 0 Å². The van der Waals surface area contributed by atoms with Gasteiger partial charge in [0.25, 0.3) is 0 Å². The number of rotatable bonds is 4. The first-order chi connectivity index (χ1) is 10.8. The van der Waals surface area contributed by atoms with Gasteiger partial charge < -0.3 is 10.6 Å². The van der Waals surface area contributed by atoms with Crippen LogP contribution in [0.3, 0.4) is 0 Å². The van der Waals surface area contributed by atoms with Gasteiger partial charge in [-0.05, 0) is 18.8 Å². The molecular weight excluding hydrogens is 310 g/mol. The summed E-state index contributed by atoms with van der Waals surface area (Å²) in [6, 6.07) is 0.287. The van der Waals surface area contributed by atoms with Crippen molar-refractivity contribution in [2.75, 3.05) is 5.32 Å². The third-order valence-electron chi connectivity index (χ3n) is 4.25. The molecule has 0 spiro atoms. The van der Waals surface area contributed by atoms with Gasteiger partial charge in [-0.15, -0.1) is 11.3 Å². The largest absolute Gasteiger partial charge is 0.353 e. The molecule has 0 aromatic carbocycles. The van der Waals surface area contributed by atoms with E-state index in [1.165, 1.54) is 30.6 Å². The Morgan fingerprint density at radius 2 is 2.00 bits per heavy atom. The molecule has 23 heavy (non-hydrogen) atoms. The third kappa shape index (κ3) is 5.30. The molecule has 5 nitrogen and oxygen atoms in total. The lowest BCUT2D eigenvalue weighted by Crippen LogP contribution is -2.41. The molecule has 1 aromatic rings. The zero-order valence-electron chi connectivity index (χ0n) is 14.4. The first-order valence-electron chi connectivity index (χ1n) is 8.31. The number of hydrogen-bond donors (Lipinski definition) is 2. The zero-order valence-corrected chi connectivity index (χ0v) is 15.3. The lowest BCUT2D eigenvalue weighted by atomic mass is 9.86. The monoisotopic (exact) mass is 337 g/mol. The Kier molecular flexibility index (Phi) is 5.79. The Morgan fingerprint density at radius 1 is 1.30 bits per heavy atom. The second kappa shape index (κ2) is 7.43. The molecule has 1 aliphatic carbocycles. The van der Waals surface area contributed by atoms with E-state index >= 15 is 0 Å². The Bertz CT molecular complexity index is 562. The molecule has 128 valence electrons. The van der Waals surface area contributed by atoms with Crippen LogP contribution in [-0.2, 0) is 16.0 Å². The SMILES string of the molecule is CC1CCCCC1NC(=O)Cc1csc(NC(=O)C(C)(C)C)n1. The average molecular weight is 337 g/mol. The van der Waals surface area contributed by atoms with E-state index in [1.807, 2.05) is 26.2 Å². The highest BCUT2D eigenvalue weighted by atomic mass is 32.1. The predicted octanol–water partition coefficient (Wildman–Crippen LogP) is 3.37. The van der Waals surface area contributed by atoms with Crippen molar-refractivity contribution in [1.29, 1.82) is 0 Å². The van der Waals surface area contributed by atoms with Crippen LogP contribution in [0, 0.1) is 11.3 Å². The minimum atomic E-state index is -0.458. The fraction of sp³-hybridized carbons (Fsp3) is 0.706. The summed E-state index contributed by atoms with van der Waals surface area (Å²) in [5.74, 6) is 0.492. The molecule has 2 atom stereocenters. The molecule has 2 rings (SSSR count). The smallest absolute Gasteiger partial charge is 0.231 e. The van der Waals surface area contributed by atoms with Gasteiger partial charge in [0.15, 0.2) is 5.13 Å². The highest BCUT2D eigenvalue weighted by molar-refractivity contribution is 7.13. The van der Waals surface area contributed by atoms with Crippen LogP contribution >= 0.6 is 11.3 Å². The summed E-state index contributed by atoms with van der Waals surface area (Å²) in [7, 11) is 0. The topological polar surface area (TPSA) is 71.1 Å². The van der Waals surface area contributed by atoms with E-state index in [9.17, 15) is 9.59 Å². The normalized spacial score (nSPS) is 21.7. The molecule has 1 heterocycles. The number of amides is 2. The summed E-state index contributed by atoms with van der Waals surface area (Å²) in [6.07, 6.45) is 4.97. The minimum Gasteiger partial charge on any atom is -0.353 e. The van der Waals surface area contributed by atoms with Gasteiger partial charge in [0, 0.05) is 16.8 Å². The summed E-state index contributed by atoms with van der Waals surface area (Å²) < 4.78 is 0. The molecule has 1 fully saturated rings. The van der Waals surface area contributed by atoms with Gasteiger partial charge in [0.05, 0.1) is 12.1 Å². The lowest BCUT2D eigenvalue weighted by molar-refractivity contribution is -0.123. The average Bonchev–Trinajstić information content (AvgIpc) is 2.87. The lowest BCUT2D eigenvalue weighted by Gasteiger charge is -2.29. The van der Waals surface area contributed by atoms with Crippen LogP contribution in [0.4, 0.5) is 5.13 Å². The van der Waals surface area contributed by atoms with Crippen molar-refractivity contribution >= 4 is 28.3 Å². The molecule has 2 unspecified atom stereocenters. The van der Waals surface area contributed by atoms with E-state index in [0.29, 0.717) is 16.7 Å². The Morgan fingerprint density at radius 3 is 2.65 bits per heavy atom. The summed E-state index contributed by atoms with van der Waals surface area (Å²) in [4.78, 5) is 28.5. The second-order valence-electron chi connectivity index (χ2n) is 7.46. The standard InChI is InChI=1S/C17H27N3O2S/c1-11-7-5-6-8-13(11)19-14(21)9-12-10-23-16(18-12)20-15(22)17(2,3)4/h10-11,13H,5-9H2,1-4H3,(H,19,21)(H,18,20,22). The summed E-state index contributed by atoms with van der Waals surface area (Å²) in [6.45, 7) is 7.77. The van der Waals surface area contributed by atoms with Crippen LogP contribution < -0.4 is 10.6 Å². The number of carbonyl (C=O) groups is 2. The van der Waals surface area contributed by atoms with Gasteiger partial charge in [0.2, 0.25) is 11.8 Å². The van der Waals surface area contributed by atoms with Crippen LogP contribution in [0.5, 0.6) is 0 Å². The molecule has 0 aliphatic heterocycles. The van der Waals surface area contributed by atoms with Crippen molar-refractivity contribution in [3.05, 3.63) is 11.1 Å². The van der Waals surface area contributed by atoms with Gasteiger partial charge in [-0.25, -0.2) is 4.98 Å². The highest BCUT2D eigenvalue weighted by Crippen LogP contribution is 2.24. The first-order valence-corrected chi connectivity index (χ1v) is 9.19. The van der Waals surface area contributed by atoms with Crippen molar-refractivity contribution in [3.63, 3.8) is 0 Å². The van der Waals surface area contributed by atoms with Gasteiger partial charge in [-0.2, -0.15) is 0 Å². The van der Waals surface area contributed by atoms with Crippen LogP contribution in [0.25, 0.3) is 0 Å². The molecule has 1 aliphatic rings. The van der Waals surface area contributed by atoms with Gasteiger partial charge >= 0.3 is 0 Å². The van der Waals surface area contributed by atoms with Crippen LogP contribution in [0.1, 0.15) is 59.1 Å². The van der Waals surface area contributed by atoms with Crippen LogP contribution in [0.2, 0.25) is 0 Å². The van der Waals surface area contributed by atoms with Gasteiger partial charge in [-0.1, -0.05) is 40.5 Å². The number of anilines is 1. The maximum Gasteiger partial charge on any atom is 0.231 e. The van der Waals surface area contributed by atoms with E-state index < -0.39 is 5.41 Å². The molecule has 2 amide bonds. The number of nitrogens with one attached hydrogen (secondary N) is 2. The fourth-order valence-corrected chi connectivity index (χ4v) is 3.39. The van der Waals surface area contributed by atoms with E-state index in [2.05, 4.69) is 22.5 Å². The zero-order chi connectivity index (χ0) is 17.0. The number of hydrogen-bond acceptors (Lipinski definition) is 4. The van der Waals surface area contributed by atoms with Crippen LogP contribution in [-0.4, -0.2) is 22.8 Å². The molecule has 1 saturated carbocycles. The van der Waals surface area contributed by atoms with E-state index in [1.54, 1.807) is 0 Å². The summed E-state index contributed by atoms with van der Waals surface area (Å²) >= 11 is 1.36. The molecule has 6 heteroatoms. The molecule has 0 bridgehead atoms. The Balaban J connectivity index is 1.86. The minimum absolute atomic E-state index is 0.0164. The second-order valence-corrected chi connectivity index (χ2v) is 8.32. The van der Waals surface area contributed by atoms with Crippen molar-refractivity contribution in [3.8, 4) is 0 Å². The fourth-order valence-electron chi connectivity index (χ4n) is 2.68. The number of nitrogens with zero attached hydrogens (tertiary/aromatic N) is 1. The summed E-state index contributed by atoms with van der Waals surface area (Å²) in [5, 5.41) is 8.32. The first kappa shape index (κ1) is 17.9. The van der Waals surface area contributed by atoms with Crippen LogP contribution in [0.15, 0.2) is 5.38 Å². The van der Waals surface area contributed by atoms with Crippen molar-refractivity contribution < 1.29 is 9.59 Å². The predicted molar refractivity (Wildman–Crippen MR) is 93.5 cm³/mol. The Hall–Kier alpha value is -1.43. The maximum atomic E-state index is 12.2.